The first-order valence-electron chi connectivity index (χ1n) is 11.9. The third kappa shape index (κ3) is 8.97. The van der Waals surface area contributed by atoms with Crippen molar-refractivity contribution in [3.63, 3.8) is 0 Å². The number of carbonyl (C=O) groups excluding carboxylic acids is 1. The molecule has 2 aromatic carbocycles. The summed E-state index contributed by atoms with van der Waals surface area (Å²) in [6.07, 6.45) is 16.8. The number of hydrogen-bond acceptors (Lipinski definition) is 5. The Morgan fingerprint density at radius 1 is 0.909 bits per heavy atom. The van der Waals surface area contributed by atoms with Gasteiger partial charge in [0.05, 0.1) is 12.2 Å². The summed E-state index contributed by atoms with van der Waals surface area (Å²) in [6.45, 7) is 4.96. The average Bonchev–Trinajstić information content (AvgIpc) is 2.86. The predicted octanol–water partition coefficient (Wildman–Crippen LogP) is 6.52. The Bertz CT molecular complexity index is 925. The van der Waals surface area contributed by atoms with Crippen molar-refractivity contribution >= 4 is 18.3 Å². The van der Waals surface area contributed by atoms with Crippen LogP contribution in [0.15, 0.2) is 71.9 Å². The van der Waals surface area contributed by atoms with Gasteiger partial charge < -0.3 is 9.47 Å². The van der Waals surface area contributed by atoms with Gasteiger partial charge in [-0.15, -0.1) is 0 Å². The molecule has 5 nitrogen and oxygen atoms in total. The largest absolute Gasteiger partial charge is 0.494 e. The minimum atomic E-state index is -0.383. The van der Waals surface area contributed by atoms with Gasteiger partial charge in [-0.05, 0) is 73.7 Å². The van der Waals surface area contributed by atoms with Crippen LogP contribution in [0, 0.1) is 0 Å². The molecule has 0 aromatic heterocycles. The lowest BCUT2D eigenvalue weighted by Crippen LogP contribution is -2.24. The third-order valence-electron chi connectivity index (χ3n) is 5.36. The minimum absolute atomic E-state index is 0.383. The molecule has 0 unspecified atom stereocenters. The second kappa shape index (κ2) is 13.9. The van der Waals surface area contributed by atoms with Crippen LogP contribution in [0.5, 0.6) is 11.5 Å². The van der Waals surface area contributed by atoms with Gasteiger partial charge in [0.15, 0.2) is 0 Å². The molecular formula is C28H34N2O3. The standard InChI is InChI=1S/C28H34N2O3/c1-2-3-10-23-32-26-18-14-25(15-19-26)28(31)33-27-16-12-24(13-17-27)11-6-4-7-20-29-30-21-8-5-9-22-30/h4,6-7,11-20H,2-3,5,8-10,21-23H2,1H3/b7-4+,11-6+,29-20-. The van der Waals surface area contributed by atoms with E-state index in [-0.39, 0.29) is 5.97 Å². The number of nitrogens with zero attached hydrogens (tertiary/aromatic N) is 2. The molecule has 3 rings (SSSR count). The van der Waals surface area contributed by atoms with Crippen LogP contribution in [0.3, 0.4) is 0 Å². The molecule has 1 saturated heterocycles. The molecule has 1 aliphatic heterocycles. The zero-order valence-electron chi connectivity index (χ0n) is 19.5. The van der Waals surface area contributed by atoms with Crippen molar-refractivity contribution < 1.29 is 14.3 Å². The van der Waals surface area contributed by atoms with E-state index < -0.39 is 0 Å². The maximum Gasteiger partial charge on any atom is 0.343 e. The molecule has 1 fully saturated rings. The van der Waals surface area contributed by atoms with E-state index in [4.69, 9.17) is 9.47 Å². The van der Waals surface area contributed by atoms with Gasteiger partial charge in [-0.3, -0.25) is 5.01 Å². The first-order chi connectivity index (χ1) is 16.2. The van der Waals surface area contributed by atoms with Crippen LogP contribution >= 0.6 is 0 Å². The lowest BCUT2D eigenvalue weighted by Gasteiger charge is -2.22. The quantitative estimate of drug-likeness (QED) is 0.130. The smallest absolute Gasteiger partial charge is 0.343 e. The van der Waals surface area contributed by atoms with Gasteiger partial charge in [-0.1, -0.05) is 50.1 Å². The fourth-order valence-corrected chi connectivity index (χ4v) is 3.45. The van der Waals surface area contributed by atoms with Crippen molar-refractivity contribution in [3.8, 4) is 11.5 Å². The SMILES string of the molecule is CCCCCOc1ccc(C(=O)Oc2ccc(/C=C/C=C/C=N\N3CCCCC3)cc2)cc1. The van der Waals surface area contributed by atoms with Crippen LogP contribution in [0.25, 0.3) is 6.08 Å². The van der Waals surface area contributed by atoms with Crippen LogP contribution in [-0.2, 0) is 0 Å². The third-order valence-corrected chi connectivity index (χ3v) is 5.36. The summed E-state index contributed by atoms with van der Waals surface area (Å²) in [6, 6.07) is 14.5. The predicted molar refractivity (Wildman–Crippen MR) is 135 cm³/mol. The molecule has 0 saturated carbocycles. The number of hydrogen-bond donors (Lipinski definition) is 0. The van der Waals surface area contributed by atoms with E-state index in [2.05, 4.69) is 17.0 Å². The molecule has 0 atom stereocenters. The molecular weight excluding hydrogens is 412 g/mol. The highest BCUT2D eigenvalue weighted by molar-refractivity contribution is 5.91. The number of benzene rings is 2. The lowest BCUT2D eigenvalue weighted by molar-refractivity contribution is 0.0734. The minimum Gasteiger partial charge on any atom is -0.494 e. The highest BCUT2D eigenvalue weighted by atomic mass is 16.5. The molecule has 2 aromatic rings. The maximum absolute atomic E-state index is 12.4. The van der Waals surface area contributed by atoms with Gasteiger partial charge in [0.2, 0.25) is 0 Å². The van der Waals surface area contributed by atoms with Crippen molar-refractivity contribution in [1.82, 2.24) is 5.01 Å². The van der Waals surface area contributed by atoms with Crippen LogP contribution < -0.4 is 9.47 Å². The van der Waals surface area contributed by atoms with Crippen molar-refractivity contribution in [1.29, 1.82) is 0 Å². The van der Waals surface area contributed by atoms with E-state index in [0.29, 0.717) is 17.9 Å². The van der Waals surface area contributed by atoms with E-state index in [9.17, 15) is 4.79 Å². The molecule has 0 aliphatic carbocycles. The maximum atomic E-state index is 12.4. The summed E-state index contributed by atoms with van der Waals surface area (Å²) in [7, 11) is 0. The van der Waals surface area contributed by atoms with Crippen LogP contribution in [-0.4, -0.2) is 36.9 Å². The monoisotopic (exact) mass is 446 g/mol. The number of ether oxygens (including phenoxy) is 2. The molecule has 174 valence electrons. The Balaban J connectivity index is 1.42. The van der Waals surface area contributed by atoms with E-state index in [1.54, 1.807) is 36.4 Å². The summed E-state index contributed by atoms with van der Waals surface area (Å²) in [5.41, 5.74) is 1.52. The fourth-order valence-electron chi connectivity index (χ4n) is 3.45. The van der Waals surface area contributed by atoms with Crippen LogP contribution in [0.2, 0.25) is 0 Å². The van der Waals surface area contributed by atoms with Gasteiger partial charge in [0, 0.05) is 19.3 Å². The topological polar surface area (TPSA) is 51.1 Å². The first kappa shape index (κ1) is 24.3. The van der Waals surface area contributed by atoms with Crippen LogP contribution in [0.1, 0.15) is 61.4 Å². The summed E-state index contributed by atoms with van der Waals surface area (Å²) in [5.74, 6) is 0.901. The van der Waals surface area contributed by atoms with Crippen molar-refractivity contribution in [2.45, 2.75) is 45.4 Å². The molecule has 1 heterocycles. The Morgan fingerprint density at radius 2 is 1.64 bits per heavy atom. The van der Waals surface area contributed by atoms with Gasteiger partial charge >= 0.3 is 5.97 Å². The number of unbranched alkanes of at least 4 members (excludes halogenated alkanes) is 2. The van der Waals surface area contributed by atoms with Gasteiger partial charge in [0.1, 0.15) is 11.5 Å². The molecule has 0 radical (unpaired) electrons. The average molecular weight is 447 g/mol. The molecule has 5 heteroatoms. The summed E-state index contributed by atoms with van der Waals surface area (Å²) in [4.78, 5) is 12.4. The highest BCUT2D eigenvalue weighted by Gasteiger charge is 2.09. The van der Waals surface area contributed by atoms with Crippen LogP contribution in [0.4, 0.5) is 0 Å². The summed E-state index contributed by atoms with van der Waals surface area (Å²) < 4.78 is 11.2. The number of piperidine rings is 1. The highest BCUT2D eigenvalue weighted by Crippen LogP contribution is 2.17. The fraction of sp³-hybridized carbons (Fsp3) is 0.357. The number of rotatable bonds is 11. The Morgan fingerprint density at radius 3 is 2.36 bits per heavy atom. The normalized spacial score (nSPS) is 14.4. The summed E-state index contributed by atoms with van der Waals surface area (Å²) in [5, 5.41) is 6.57. The Hall–Kier alpha value is -3.34. The van der Waals surface area contributed by atoms with Crippen molar-refractivity contribution in [3.05, 3.63) is 77.9 Å². The van der Waals surface area contributed by atoms with Crippen molar-refractivity contribution in [2.75, 3.05) is 19.7 Å². The number of carbonyl (C=O) groups is 1. The molecule has 33 heavy (non-hydrogen) atoms. The summed E-state index contributed by atoms with van der Waals surface area (Å²) >= 11 is 0. The molecule has 1 aliphatic rings. The van der Waals surface area contributed by atoms with E-state index in [0.717, 1.165) is 43.7 Å². The lowest BCUT2D eigenvalue weighted by atomic mass is 10.2. The zero-order valence-corrected chi connectivity index (χ0v) is 19.5. The van der Waals surface area contributed by atoms with E-state index in [1.165, 1.54) is 19.3 Å². The van der Waals surface area contributed by atoms with Crippen molar-refractivity contribution in [2.24, 2.45) is 5.10 Å². The zero-order chi connectivity index (χ0) is 23.1. The second-order valence-electron chi connectivity index (χ2n) is 8.06. The molecule has 0 amide bonds. The Labute approximate surface area is 197 Å². The number of allylic oxidation sites excluding steroid dienone is 3. The first-order valence-corrected chi connectivity index (χ1v) is 11.9. The van der Waals surface area contributed by atoms with E-state index >= 15 is 0 Å². The molecule has 0 spiro atoms. The van der Waals surface area contributed by atoms with Gasteiger partial charge in [0.25, 0.3) is 0 Å². The number of esters is 1. The Kier molecular flexibility index (Phi) is 10.3. The molecule has 0 bridgehead atoms. The molecule has 0 N–H and O–H groups in total. The number of hydrazone groups is 1. The van der Waals surface area contributed by atoms with Gasteiger partial charge in [-0.25, -0.2) is 4.79 Å². The van der Waals surface area contributed by atoms with E-state index in [1.807, 2.05) is 42.7 Å². The second-order valence-corrected chi connectivity index (χ2v) is 8.06. The van der Waals surface area contributed by atoms with Gasteiger partial charge in [-0.2, -0.15) is 5.10 Å².